The van der Waals surface area contributed by atoms with Crippen LogP contribution in [0.15, 0.2) is 22.7 Å². The lowest BCUT2D eigenvalue weighted by Crippen LogP contribution is -2.14. The smallest absolute Gasteiger partial charge is 0.135 e. The van der Waals surface area contributed by atoms with E-state index in [-0.39, 0.29) is 6.10 Å². The Hall–Kier alpha value is -0.740. The zero-order valence-electron chi connectivity index (χ0n) is 9.00. The minimum Gasteiger partial charge on any atom is -0.489 e. The van der Waals surface area contributed by atoms with E-state index in [0.29, 0.717) is 12.3 Å². The Balaban J connectivity index is 2.60. The second-order valence-electron chi connectivity index (χ2n) is 3.37. The van der Waals surface area contributed by atoms with Crippen LogP contribution in [0.2, 0.25) is 0 Å². The van der Waals surface area contributed by atoms with Gasteiger partial charge in [-0.15, -0.1) is 0 Å². The van der Waals surface area contributed by atoms with Gasteiger partial charge < -0.3 is 15.2 Å². The minimum absolute atomic E-state index is 0.114. The lowest BCUT2D eigenvalue weighted by molar-refractivity contribution is 0.135. The second kappa shape index (κ2) is 5.98. The standard InChI is InChI=1S/C11H16BrNO2/c1-8(6-7-14-2)15-10-5-3-4-9(13)11(10)12/h3-5,8H,6-7,13H2,1-2H3. The summed E-state index contributed by atoms with van der Waals surface area (Å²) in [5, 5.41) is 0. The molecule has 0 aromatic heterocycles. The summed E-state index contributed by atoms with van der Waals surface area (Å²) >= 11 is 3.40. The van der Waals surface area contributed by atoms with E-state index in [1.165, 1.54) is 0 Å². The molecule has 1 aromatic rings. The Morgan fingerprint density at radius 1 is 1.47 bits per heavy atom. The molecule has 0 aliphatic heterocycles. The molecule has 0 saturated heterocycles. The zero-order chi connectivity index (χ0) is 11.3. The molecule has 4 heteroatoms. The first-order valence-electron chi connectivity index (χ1n) is 4.84. The van der Waals surface area contributed by atoms with Gasteiger partial charge in [0.1, 0.15) is 5.75 Å². The molecule has 0 heterocycles. The van der Waals surface area contributed by atoms with Gasteiger partial charge in [0.15, 0.2) is 0 Å². The van der Waals surface area contributed by atoms with Gasteiger partial charge >= 0.3 is 0 Å². The molecule has 3 nitrogen and oxygen atoms in total. The largest absolute Gasteiger partial charge is 0.489 e. The fourth-order valence-corrected chi connectivity index (χ4v) is 1.54. The summed E-state index contributed by atoms with van der Waals surface area (Å²) in [6.07, 6.45) is 0.973. The van der Waals surface area contributed by atoms with Crippen LogP contribution in [0.4, 0.5) is 5.69 Å². The van der Waals surface area contributed by atoms with Crippen molar-refractivity contribution in [1.82, 2.24) is 0 Å². The van der Waals surface area contributed by atoms with Crippen LogP contribution in [0.25, 0.3) is 0 Å². The molecule has 1 atom stereocenters. The first-order valence-corrected chi connectivity index (χ1v) is 5.64. The van der Waals surface area contributed by atoms with Crippen molar-refractivity contribution in [1.29, 1.82) is 0 Å². The molecular formula is C11H16BrNO2. The number of hydrogen-bond donors (Lipinski definition) is 1. The van der Waals surface area contributed by atoms with Crippen molar-refractivity contribution in [3.8, 4) is 5.75 Å². The summed E-state index contributed by atoms with van der Waals surface area (Å²) in [7, 11) is 1.68. The number of nitrogens with two attached hydrogens (primary N) is 1. The normalized spacial score (nSPS) is 12.5. The van der Waals surface area contributed by atoms with Crippen LogP contribution in [0.3, 0.4) is 0 Å². The predicted octanol–water partition coefficient (Wildman–Crippen LogP) is 2.84. The van der Waals surface area contributed by atoms with Crippen LogP contribution >= 0.6 is 15.9 Å². The van der Waals surface area contributed by atoms with E-state index in [1.807, 2.05) is 25.1 Å². The maximum Gasteiger partial charge on any atom is 0.135 e. The molecule has 15 heavy (non-hydrogen) atoms. The van der Waals surface area contributed by atoms with Crippen molar-refractivity contribution in [3.63, 3.8) is 0 Å². The molecule has 0 bridgehead atoms. The Labute approximate surface area is 98.7 Å². The van der Waals surface area contributed by atoms with Gasteiger partial charge in [-0.25, -0.2) is 0 Å². The highest BCUT2D eigenvalue weighted by atomic mass is 79.9. The summed E-state index contributed by atoms with van der Waals surface area (Å²) in [4.78, 5) is 0. The highest BCUT2D eigenvalue weighted by molar-refractivity contribution is 9.10. The lowest BCUT2D eigenvalue weighted by Gasteiger charge is -2.16. The Kier molecular flexibility index (Phi) is 4.91. The summed E-state index contributed by atoms with van der Waals surface area (Å²) < 4.78 is 11.5. The van der Waals surface area contributed by atoms with Gasteiger partial charge in [0.2, 0.25) is 0 Å². The number of methoxy groups -OCH3 is 1. The molecule has 0 radical (unpaired) electrons. The van der Waals surface area contributed by atoms with Crippen LogP contribution < -0.4 is 10.5 Å². The Morgan fingerprint density at radius 3 is 2.87 bits per heavy atom. The Bertz CT molecular complexity index is 317. The van der Waals surface area contributed by atoms with Crippen molar-refractivity contribution >= 4 is 21.6 Å². The molecule has 0 aliphatic carbocycles. The SMILES string of the molecule is COCCC(C)Oc1cccc(N)c1Br. The van der Waals surface area contributed by atoms with Gasteiger partial charge in [0, 0.05) is 25.8 Å². The van der Waals surface area contributed by atoms with Crippen LogP contribution in [-0.4, -0.2) is 19.8 Å². The van der Waals surface area contributed by atoms with Crippen molar-refractivity contribution in [2.45, 2.75) is 19.4 Å². The quantitative estimate of drug-likeness (QED) is 0.840. The summed E-state index contributed by atoms with van der Waals surface area (Å²) in [6, 6.07) is 5.60. The summed E-state index contributed by atoms with van der Waals surface area (Å²) in [5.41, 5.74) is 6.43. The number of anilines is 1. The molecule has 1 aromatic carbocycles. The monoisotopic (exact) mass is 273 g/mol. The third-order valence-electron chi connectivity index (χ3n) is 2.05. The third kappa shape index (κ3) is 3.72. The van der Waals surface area contributed by atoms with Gasteiger partial charge in [-0.05, 0) is 35.0 Å². The molecule has 0 amide bonds. The molecule has 0 fully saturated rings. The first-order chi connectivity index (χ1) is 7.15. The number of halogens is 1. The maximum atomic E-state index is 5.74. The average Bonchev–Trinajstić information content (AvgIpc) is 2.22. The number of hydrogen-bond acceptors (Lipinski definition) is 3. The van der Waals surface area contributed by atoms with Crippen LogP contribution in [0.1, 0.15) is 13.3 Å². The summed E-state index contributed by atoms with van der Waals surface area (Å²) in [6.45, 7) is 2.70. The Morgan fingerprint density at radius 2 is 2.20 bits per heavy atom. The fraction of sp³-hybridized carbons (Fsp3) is 0.455. The van der Waals surface area contributed by atoms with Crippen LogP contribution in [-0.2, 0) is 4.74 Å². The molecular weight excluding hydrogens is 258 g/mol. The van der Waals surface area contributed by atoms with Crippen LogP contribution in [0.5, 0.6) is 5.75 Å². The molecule has 0 spiro atoms. The van der Waals surface area contributed by atoms with Crippen molar-refractivity contribution < 1.29 is 9.47 Å². The molecule has 2 N–H and O–H groups in total. The van der Waals surface area contributed by atoms with Crippen molar-refractivity contribution in [3.05, 3.63) is 22.7 Å². The lowest BCUT2D eigenvalue weighted by atomic mass is 10.2. The van der Waals surface area contributed by atoms with Gasteiger partial charge in [-0.3, -0.25) is 0 Å². The highest BCUT2D eigenvalue weighted by Crippen LogP contribution is 2.31. The first kappa shape index (κ1) is 12.3. The highest BCUT2D eigenvalue weighted by Gasteiger charge is 2.08. The second-order valence-corrected chi connectivity index (χ2v) is 4.16. The third-order valence-corrected chi connectivity index (χ3v) is 2.90. The van der Waals surface area contributed by atoms with E-state index in [4.69, 9.17) is 15.2 Å². The van der Waals surface area contributed by atoms with Crippen molar-refractivity contribution in [2.75, 3.05) is 19.5 Å². The average molecular weight is 274 g/mol. The van der Waals surface area contributed by atoms with Crippen molar-refractivity contribution in [2.24, 2.45) is 0 Å². The van der Waals surface area contributed by atoms with Gasteiger partial charge in [-0.1, -0.05) is 6.07 Å². The molecule has 84 valence electrons. The molecule has 0 aliphatic rings. The predicted molar refractivity (Wildman–Crippen MR) is 65.1 cm³/mol. The van der Waals surface area contributed by atoms with E-state index in [2.05, 4.69) is 15.9 Å². The number of rotatable bonds is 5. The molecule has 1 unspecified atom stereocenters. The number of benzene rings is 1. The number of ether oxygens (including phenoxy) is 2. The molecule has 1 rings (SSSR count). The van der Waals surface area contributed by atoms with Gasteiger partial charge in [0.25, 0.3) is 0 Å². The van der Waals surface area contributed by atoms with E-state index in [1.54, 1.807) is 7.11 Å². The molecule has 0 saturated carbocycles. The van der Waals surface area contributed by atoms with Crippen LogP contribution in [0, 0.1) is 0 Å². The van der Waals surface area contributed by atoms with Gasteiger partial charge in [0.05, 0.1) is 10.6 Å². The maximum absolute atomic E-state index is 5.74. The zero-order valence-corrected chi connectivity index (χ0v) is 10.6. The van der Waals surface area contributed by atoms with E-state index in [9.17, 15) is 0 Å². The minimum atomic E-state index is 0.114. The van der Waals surface area contributed by atoms with E-state index in [0.717, 1.165) is 16.6 Å². The van der Waals surface area contributed by atoms with E-state index >= 15 is 0 Å². The summed E-state index contributed by atoms with van der Waals surface area (Å²) in [5.74, 6) is 0.776. The fourth-order valence-electron chi connectivity index (χ4n) is 1.18. The van der Waals surface area contributed by atoms with E-state index < -0.39 is 0 Å². The number of nitrogen functional groups attached to an aromatic ring is 1. The topological polar surface area (TPSA) is 44.5 Å². The van der Waals surface area contributed by atoms with Gasteiger partial charge in [-0.2, -0.15) is 0 Å².